The third kappa shape index (κ3) is 5.45. The lowest BCUT2D eigenvalue weighted by Crippen LogP contribution is -2.28. The normalized spacial score (nSPS) is 15.5. The highest BCUT2D eigenvalue weighted by Crippen LogP contribution is 2.38. The first-order valence-corrected chi connectivity index (χ1v) is 12.1. The van der Waals surface area contributed by atoms with Gasteiger partial charge in [0.15, 0.2) is 9.84 Å². The van der Waals surface area contributed by atoms with E-state index >= 15 is 0 Å². The van der Waals surface area contributed by atoms with E-state index in [2.05, 4.69) is 15.4 Å². The Morgan fingerprint density at radius 2 is 1.87 bits per heavy atom. The summed E-state index contributed by atoms with van der Waals surface area (Å²) in [5, 5.41) is 5.16. The number of hydrogen-bond acceptors (Lipinski definition) is 7. The Morgan fingerprint density at radius 1 is 1.16 bits per heavy atom. The second kappa shape index (κ2) is 9.52. The lowest BCUT2D eigenvalue weighted by Gasteiger charge is -2.23. The van der Waals surface area contributed by atoms with Crippen LogP contribution in [0, 0.1) is 0 Å². The average Bonchev–Trinajstić information content (AvgIpc) is 2.76. The van der Waals surface area contributed by atoms with Crippen LogP contribution in [-0.2, 0) is 24.2 Å². The van der Waals surface area contributed by atoms with Crippen LogP contribution in [0.1, 0.15) is 30.1 Å². The second-order valence-corrected chi connectivity index (χ2v) is 10.2. The molecule has 1 aliphatic rings. The first kappa shape index (κ1) is 22.8. The molecule has 2 aromatic carbocycles. The molecule has 8 nitrogen and oxygen atoms in total. The smallest absolute Gasteiger partial charge is 0.337 e. The van der Waals surface area contributed by atoms with Crippen LogP contribution in [0.2, 0.25) is 0 Å². The van der Waals surface area contributed by atoms with Gasteiger partial charge >= 0.3 is 5.97 Å². The molecule has 164 valence electrons. The minimum atomic E-state index is -3.72. The van der Waals surface area contributed by atoms with E-state index < -0.39 is 21.7 Å². The molecule has 0 radical (unpaired) electrons. The number of benzene rings is 2. The van der Waals surface area contributed by atoms with Gasteiger partial charge in [-0.3, -0.25) is 9.59 Å². The Morgan fingerprint density at radius 3 is 2.52 bits per heavy atom. The minimum absolute atomic E-state index is 0.0531. The zero-order chi connectivity index (χ0) is 22.6. The van der Waals surface area contributed by atoms with Crippen molar-refractivity contribution in [2.75, 3.05) is 23.5 Å². The van der Waals surface area contributed by atoms with Gasteiger partial charge in [0.2, 0.25) is 11.8 Å². The fourth-order valence-corrected chi connectivity index (χ4v) is 5.25. The maximum atomic E-state index is 12.7. The quantitative estimate of drug-likeness (QED) is 0.607. The third-order valence-electron chi connectivity index (χ3n) is 4.69. The molecule has 0 aliphatic carbocycles. The molecule has 0 unspecified atom stereocenters. The molecule has 3 rings (SSSR count). The van der Waals surface area contributed by atoms with Crippen molar-refractivity contribution < 1.29 is 27.5 Å². The number of methoxy groups -OCH3 is 1. The molecular weight excluding hydrogens is 440 g/mol. The van der Waals surface area contributed by atoms with Crippen LogP contribution in [0.15, 0.2) is 52.3 Å². The predicted octanol–water partition coefficient (Wildman–Crippen LogP) is 3.10. The van der Waals surface area contributed by atoms with Crippen LogP contribution in [0.5, 0.6) is 0 Å². The van der Waals surface area contributed by atoms with Gasteiger partial charge in [0.05, 0.1) is 34.3 Å². The number of amides is 2. The molecule has 10 heteroatoms. The molecule has 0 saturated heterocycles. The highest BCUT2D eigenvalue weighted by molar-refractivity contribution is 8.01. The van der Waals surface area contributed by atoms with Crippen LogP contribution in [0.4, 0.5) is 11.4 Å². The monoisotopic (exact) mass is 462 g/mol. The van der Waals surface area contributed by atoms with Crippen LogP contribution >= 0.6 is 11.8 Å². The summed E-state index contributed by atoms with van der Waals surface area (Å²) in [7, 11) is -2.45. The SMILES string of the molecule is CC[C@@H]1Sc2ccc(S(=O)(=O)CCC(=O)Nc3ccc(C(=O)OC)cc3)cc2NC1=O. The average molecular weight is 463 g/mol. The fraction of sp³-hybridized carbons (Fsp3) is 0.286. The number of carbonyl (C=O) groups excluding carboxylic acids is 3. The Labute approximate surface area is 184 Å². The van der Waals surface area contributed by atoms with E-state index in [-0.39, 0.29) is 28.2 Å². The molecule has 2 amide bonds. The summed E-state index contributed by atoms with van der Waals surface area (Å²) in [4.78, 5) is 36.5. The fourth-order valence-electron chi connectivity index (χ4n) is 2.97. The molecule has 0 bridgehead atoms. The molecule has 1 heterocycles. The van der Waals surface area contributed by atoms with E-state index in [0.717, 1.165) is 4.90 Å². The highest BCUT2D eigenvalue weighted by Gasteiger charge is 2.27. The number of rotatable bonds is 7. The number of nitrogens with one attached hydrogen (secondary N) is 2. The number of hydrogen-bond donors (Lipinski definition) is 2. The van der Waals surface area contributed by atoms with E-state index in [9.17, 15) is 22.8 Å². The van der Waals surface area contributed by atoms with Crippen LogP contribution in [0.25, 0.3) is 0 Å². The van der Waals surface area contributed by atoms with Gasteiger partial charge in [-0.15, -0.1) is 11.8 Å². The number of ether oxygens (including phenoxy) is 1. The summed E-state index contributed by atoms with van der Waals surface area (Å²) >= 11 is 1.41. The van der Waals surface area contributed by atoms with Gasteiger partial charge in [0.25, 0.3) is 0 Å². The van der Waals surface area contributed by atoms with Gasteiger partial charge in [0, 0.05) is 17.0 Å². The topological polar surface area (TPSA) is 119 Å². The predicted molar refractivity (Wildman–Crippen MR) is 118 cm³/mol. The summed E-state index contributed by atoms with van der Waals surface area (Å²) in [5.74, 6) is -1.49. The van der Waals surface area contributed by atoms with Gasteiger partial charge < -0.3 is 15.4 Å². The number of esters is 1. The first-order chi connectivity index (χ1) is 14.7. The molecule has 2 aromatic rings. The summed E-state index contributed by atoms with van der Waals surface area (Å²) in [5.41, 5.74) is 1.25. The van der Waals surface area contributed by atoms with Gasteiger partial charge in [-0.1, -0.05) is 6.92 Å². The van der Waals surface area contributed by atoms with Crippen molar-refractivity contribution in [3.05, 3.63) is 48.0 Å². The van der Waals surface area contributed by atoms with Crippen molar-refractivity contribution in [3.8, 4) is 0 Å². The minimum Gasteiger partial charge on any atom is -0.465 e. The zero-order valence-corrected chi connectivity index (χ0v) is 18.6. The summed E-state index contributed by atoms with van der Waals surface area (Å²) in [6.07, 6.45) is 0.438. The zero-order valence-electron chi connectivity index (χ0n) is 17.0. The standard InChI is InChI=1S/C21H22N2O6S2/c1-3-17-20(25)23-16-12-15(8-9-18(16)30-17)31(27,28)11-10-19(24)22-14-6-4-13(5-7-14)21(26)29-2/h4-9,12,17H,3,10-11H2,1-2H3,(H,22,24)(H,23,25)/t17-/m0/s1. The lowest BCUT2D eigenvalue weighted by molar-refractivity contribution is -0.116. The van der Waals surface area contributed by atoms with Gasteiger partial charge in [-0.2, -0.15) is 0 Å². The van der Waals surface area contributed by atoms with Crippen molar-refractivity contribution in [2.45, 2.75) is 34.8 Å². The van der Waals surface area contributed by atoms with Crippen molar-refractivity contribution in [1.29, 1.82) is 0 Å². The van der Waals surface area contributed by atoms with Gasteiger partial charge in [-0.25, -0.2) is 13.2 Å². The van der Waals surface area contributed by atoms with E-state index in [1.54, 1.807) is 6.07 Å². The third-order valence-corrected chi connectivity index (χ3v) is 7.84. The summed E-state index contributed by atoms with van der Waals surface area (Å²) < 4.78 is 30.0. The van der Waals surface area contributed by atoms with Crippen LogP contribution in [0.3, 0.4) is 0 Å². The van der Waals surface area contributed by atoms with Crippen molar-refractivity contribution >= 4 is 50.8 Å². The maximum Gasteiger partial charge on any atom is 0.337 e. The molecule has 0 spiro atoms. The molecule has 0 fully saturated rings. The Balaban J connectivity index is 1.62. The molecule has 0 saturated carbocycles. The summed E-state index contributed by atoms with van der Waals surface area (Å²) in [6, 6.07) is 10.7. The van der Waals surface area contributed by atoms with E-state index in [4.69, 9.17) is 0 Å². The van der Waals surface area contributed by atoms with Crippen molar-refractivity contribution in [1.82, 2.24) is 0 Å². The number of anilines is 2. The van der Waals surface area contributed by atoms with E-state index in [1.807, 2.05) is 6.92 Å². The summed E-state index contributed by atoms with van der Waals surface area (Å²) in [6.45, 7) is 1.92. The second-order valence-electron chi connectivity index (χ2n) is 6.85. The van der Waals surface area contributed by atoms with Gasteiger partial charge in [0.1, 0.15) is 0 Å². The Hall–Kier alpha value is -2.85. The first-order valence-electron chi connectivity index (χ1n) is 9.56. The van der Waals surface area contributed by atoms with Gasteiger partial charge in [-0.05, 0) is 48.9 Å². The Bertz CT molecular complexity index is 1110. The molecule has 1 aliphatic heterocycles. The van der Waals surface area contributed by atoms with Crippen LogP contribution in [-0.4, -0.2) is 44.3 Å². The van der Waals surface area contributed by atoms with E-state index in [1.165, 1.54) is 55.3 Å². The van der Waals surface area contributed by atoms with E-state index in [0.29, 0.717) is 23.4 Å². The molecule has 2 N–H and O–H groups in total. The number of thioether (sulfide) groups is 1. The molecular formula is C21H22N2O6S2. The van der Waals surface area contributed by atoms with Crippen molar-refractivity contribution in [2.24, 2.45) is 0 Å². The number of carbonyl (C=O) groups is 3. The largest absolute Gasteiger partial charge is 0.465 e. The number of sulfone groups is 1. The number of fused-ring (bicyclic) bond motifs is 1. The lowest BCUT2D eigenvalue weighted by atomic mass is 10.2. The molecule has 1 atom stereocenters. The molecule has 31 heavy (non-hydrogen) atoms. The Kier molecular flexibility index (Phi) is 7.01. The maximum absolute atomic E-state index is 12.7. The highest BCUT2D eigenvalue weighted by atomic mass is 32.2. The molecule has 0 aromatic heterocycles. The van der Waals surface area contributed by atoms with Crippen molar-refractivity contribution in [3.63, 3.8) is 0 Å². The van der Waals surface area contributed by atoms with Crippen LogP contribution < -0.4 is 10.6 Å².